The Hall–Kier alpha value is -0.200. The summed E-state index contributed by atoms with van der Waals surface area (Å²) in [5.41, 5.74) is 0. The topological polar surface area (TPSA) is 101 Å². The lowest BCUT2D eigenvalue weighted by Gasteiger charge is -2.16. The Bertz CT molecular complexity index is 73.4. The molecule has 5 heteroatoms. The van der Waals surface area contributed by atoms with Gasteiger partial charge in [-0.15, -0.1) is 0 Å². The molecule has 9 heavy (non-hydrogen) atoms. The summed E-state index contributed by atoms with van der Waals surface area (Å²) in [6.45, 7) is -0.696. The first-order chi connectivity index (χ1) is 4.09. The minimum atomic E-state index is -2.01. The molecule has 0 aliphatic carbocycles. The van der Waals surface area contributed by atoms with Crippen LogP contribution in [0.15, 0.2) is 0 Å². The van der Waals surface area contributed by atoms with E-state index in [2.05, 4.69) is 0 Å². The van der Waals surface area contributed by atoms with Crippen LogP contribution in [0.5, 0.6) is 0 Å². The zero-order valence-electron chi connectivity index (χ0n) is 4.68. The first-order valence-electron chi connectivity index (χ1n) is 2.42. The van der Waals surface area contributed by atoms with E-state index in [0.29, 0.717) is 0 Å². The van der Waals surface area contributed by atoms with Crippen molar-refractivity contribution in [1.29, 1.82) is 0 Å². The summed E-state index contributed by atoms with van der Waals surface area (Å²) >= 11 is 0. The van der Waals surface area contributed by atoms with Crippen LogP contribution in [0.3, 0.4) is 0 Å². The summed E-state index contributed by atoms with van der Waals surface area (Å²) in [7, 11) is 0. The number of hydrogen-bond acceptors (Lipinski definition) is 5. The predicted octanol–water partition coefficient (Wildman–Crippen LogP) is -2.99. The largest absolute Gasteiger partial charge is 0.394 e. The number of aliphatic hydroxyl groups excluding tert-OH is 4. The molecule has 0 aliphatic heterocycles. The van der Waals surface area contributed by atoms with Gasteiger partial charge in [0.1, 0.15) is 12.2 Å². The third-order valence-corrected chi connectivity index (χ3v) is 0.887. The van der Waals surface area contributed by atoms with Crippen LogP contribution in [0.25, 0.3) is 0 Å². The van der Waals surface area contributed by atoms with Gasteiger partial charge in [0.25, 0.3) is 0 Å². The molecule has 0 aliphatic rings. The molecule has 5 nitrogen and oxygen atoms in total. The number of rotatable bonds is 3. The summed E-state index contributed by atoms with van der Waals surface area (Å²) in [5, 5.41) is 41.4. The average Bonchev–Trinajstić information content (AvgIpc) is 1.84. The lowest BCUT2D eigenvalue weighted by Crippen LogP contribution is -2.39. The van der Waals surface area contributed by atoms with Crippen LogP contribution < -0.4 is 0 Å². The highest BCUT2D eigenvalue weighted by molar-refractivity contribution is 4.66. The maximum Gasteiger partial charge on any atom is 0.180 e. The van der Waals surface area contributed by atoms with Crippen LogP contribution in [0.2, 0.25) is 0 Å². The molecule has 0 unspecified atom stereocenters. The minimum Gasteiger partial charge on any atom is -0.394 e. The lowest BCUT2D eigenvalue weighted by atomic mass is 10.2. The van der Waals surface area contributed by atoms with Gasteiger partial charge in [-0.2, -0.15) is 0 Å². The number of hydrogen-bond donors (Lipinski definition) is 5. The Morgan fingerprint density at radius 2 is 1.44 bits per heavy atom. The van der Waals surface area contributed by atoms with Gasteiger partial charge in [0.15, 0.2) is 6.29 Å². The maximum absolute atomic E-state index is 8.48. The van der Waals surface area contributed by atoms with Crippen molar-refractivity contribution >= 4 is 0 Å². The summed E-state index contributed by atoms with van der Waals surface area (Å²) in [5.74, 6) is 0. The molecule has 0 amide bonds. The maximum atomic E-state index is 8.48. The highest BCUT2D eigenvalue weighted by atomic mass is 16.5. The lowest BCUT2D eigenvalue weighted by molar-refractivity contribution is -0.163. The van der Waals surface area contributed by atoms with Gasteiger partial charge in [-0.1, -0.05) is 0 Å². The third kappa shape index (κ3) is 2.73. The van der Waals surface area contributed by atoms with Crippen LogP contribution in [0.1, 0.15) is 0 Å². The summed E-state index contributed by atoms with van der Waals surface area (Å²) in [6, 6.07) is 0. The zero-order chi connectivity index (χ0) is 7.44. The molecule has 0 aromatic heterocycles. The van der Waals surface area contributed by atoms with Gasteiger partial charge >= 0.3 is 0 Å². The van der Waals surface area contributed by atoms with Gasteiger partial charge in [0.05, 0.1) is 6.61 Å². The van der Waals surface area contributed by atoms with E-state index in [1.54, 1.807) is 0 Å². The predicted molar refractivity (Wildman–Crippen MR) is 27.3 cm³/mol. The molecular weight excluding hydrogens is 128 g/mol. The zero-order valence-corrected chi connectivity index (χ0v) is 4.68. The fourth-order valence-electron chi connectivity index (χ4n) is 0.307. The van der Waals surface area contributed by atoms with Crippen molar-refractivity contribution in [3.05, 3.63) is 0 Å². The first kappa shape index (κ1) is 8.80. The smallest absolute Gasteiger partial charge is 0.180 e. The van der Waals surface area contributed by atoms with Crippen molar-refractivity contribution in [1.82, 2.24) is 0 Å². The molecule has 0 radical (unpaired) electrons. The Balaban J connectivity index is 3.58. The molecule has 0 saturated heterocycles. The van der Waals surface area contributed by atoms with E-state index in [0.717, 1.165) is 0 Å². The summed E-state index contributed by atoms with van der Waals surface area (Å²) in [4.78, 5) is 0. The molecule has 0 saturated carbocycles. The van der Waals surface area contributed by atoms with Crippen LogP contribution in [0.4, 0.5) is 0 Å². The van der Waals surface area contributed by atoms with Gasteiger partial charge < -0.3 is 25.5 Å². The second-order valence-corrected chi connectivity index (χ2v) is 1.65. The second-order valence-electron chi connectivity index (χ2n) is 1.65. The highest BCUT2D eigenvalue weighted by Gasteiger charge is 2.21. The van der Waals surface area contributed by atoms with Crippen molar-refractivity contribution in [2.75, 3.05) is 6.61 Å². The fourth-order valence-corrected chi connectivity index (χ4v) is 0.307. The van der Waals surface area contributed by atoms with E-state index in [9.17, 15) is 0 Å². The third-order valence-electron chi connectivity index (χ3n) is 0.887. The molecular formula is C4H10O5. The van der Waals surface area contributed by atoms with Gasteiger partial charge in [-0.25, -0.2) is 0 Å². The molecule has 0 bridgehead atoms. The first-order valence-corrected chi connectivity index (χ1v) is 2.42. The van der Waals surface area contributed by atoms with E-state index < -0.39 is 25.1 Å². The SMILES string of the molecule is OC[C@@H](O)[C@H](O)C(O)O. The van der Waals surface area contributed by atoms with Gasteiger partial charge in [0.2, 0.25) is 0 Å². The molecule has 0 fully saturated rings. The average molecular weight is 138 g/mol. The van der Waals surface area contributed by atoms with E-state index in [1.165, 1.54) is 0 Å². The Morgan fingerprint density at radius 3 is 1.56 bits per heavy atom. The van der Waals surface area contributed by atoms with E-state index in [-0.39, 0.29) is 0 Å². The fraction of sp³-hybridized carbons (Fsp3) is 1.00. The van der Waals surface area contributed by atoms with Gasteiger partial charge in [-0.05, 0) is 0 Å². The standard InChI is InChI=1S/C4H10O5/c5-1-2(6)3(7)4(8)9/h2-9H,1H2/t2-,3+/m1/s1. The van der Waals surface area contributed by atoms with Crippen LogP contribution in [-0.4, -0.2) is 50.6 Å². The highest BCUT2D eigenvalue weighted by Crippen LogP contribution is 1.95. The molecule has 56 valence electrons. The minimum absolute atomic E-state index is 0.696. The molecule has 5 N–H and O–H groups in total. The van der Waals surface area contributed by atoms with Crippen molar-refractivity contribution in [3.63, 3.8) is 0 Å². The van der Waals surface area contributed by atoms with Gasteiger partial charge in [-0.3, -0.25) is 0 Å². The van der Waals surface area contributed by atoms with Crippen molar-refractivity contribution in [2.24, 2.45) is 0 Å². The van der Waals surface area contributed by atoms with E-state index in [4.69, 9.17) is 25.5 Å². The van der Waals surface area contributed by atoms with Crippen LogP contribution in [-0.2, 0) is 0 Å². The van der Waals surface area contributed by atoms with Crippen LogP contribution in [0, 0.1) is 0 Å². The normalized spacial score (nSPS) is 18.0. The van der Waals surface area contributed by atoms with Crippen molar-refractivity contribution in [3.8, 4) is 0 Å². The molecule has 0 heterocycles. The number of aliphatic hydroxyl groups is 5. The quantitative estimate of drug-likeness (QED) is 0.268. The molecule has 0 rings (SSSR count). The monoisotopic (exact) mass is 138 g/mol. The van der Waals surface area contributed by atoms with Crippen molar-refractivity contribution < 1.29 is 25.5 Å². The summed E-state index contributed by atoms with van der Waals surface area (Å²) < 4.78 is 0. The molecule has 0 spiro atoms. The van der Waals surface area contributed by atoms with E-state index in [1.807, 2.05) is 0 Å². The van der Waals surface area contributed by atoms with Crippen molar-refractivity contribution in [2.45, 2.75) is 18.5 Å². The van der Waals surface area contributed by atoms with Crippen LogP contribution >= 0.6 is 0 Å². The Labute approximate surface area is 51.8 Å². The summed E-state index contributed by atoms with van der Waals surface area (Å²) in [6.07, 6.45) is -5.20. The Morgan fingerprint density at radius 1 is 1.00 bits per heavy atom. The van der Waals surface area contributed by atoms with E-state index >= 15 is 0 Å². The van der Waals surface area contributed by atoms with Gasteiger partial charge in [0, 0.05) is 0 Å². The molecule has 2 atom stereocenters. The second kappa shape index (κ2) is 3.76. The Kier molecular flexibility index (Phi) is 3.67. The molecule has 0 aromatic rings. The molecule has 0 aromatic carbocycles.